The van der Waals surface area contributed by atoms with E-state index in [-0.39, 0.29) is 5.41 Å². The molecule has 3 heteroatoms. The van der Waals surface area contributed by atoms with Gasteiger partial charge in [0.25, 0.3) is 0 Å². The molecular weight excluding hydrogens is 360 g/mol. The van der Waals surface area contributed by atoms with E-state index >= 15 is 0 Å². The van der Waals surface area contributed by atoms with Crippen molar-refractivity contribution in [2.75, 3.05) is 0 Å². The van der Waals surface area contributed by atoms with E-state index in [1.807, 2.05) is 36.4 Å². The number of aryl methyl sites for hydroxylation is 1. The minimum Gasteiger partial charge on any atom is -0.381 e. The Balaban J connectivity index is 1.75. The summed E-state index contributed by atoms with van der Waals surface area (Å²) in [7, 11) is -2.04. The van der Waals surface area contributed by atoms with Crippen molar-refractivity contribution in [2.24, 2.45) is 0 Å². The minimum absolute atomic E-state index is 0.0359. The number of aliphatic hydroxyl groups is 1. The number of rotatable bonds is 4. The Kier molecular flexibility index (Phi) is 5.00. The summed E-state index contributed by atoms with van der Waals surface area (Å²) in [6, 6.07) is 27.2. The van der Waals surface area contributed by atoms with Crippen molar-refractivity contribution in [3.8, 4) is 0 Å². The Morgan fingerprint density at radius 2 is 1.43 bits per heavy atom. The Bertz CT molecular complexity index is 908. The number of hydrogen-bond acceptors (Lipinski definition) is 2. The Hall–Kier alpha value is -2.20. The maximum Gasteiger partial charge on any atom is 0.244 e. The predicted molar refractivity (Wildman–Crippen MR) is 118 cm³/mol. The molecule has 4 rings (SSSR count). The molecular formula is C25H28O2Si. The summed E-state index contributed by atoms with van der Waals surface area (Å²) in [6.07, 6.45) is 1.46. The second-order valence-electron chi connectivity index (χ2n) is 8.73. The molecule has 0 spiro atoms. The van der Waals surface area contributed by atoms with Crippen molar-refractivity contribution in [3.63, 3.8) is 0 Å². The molecule has 0 saturated heterocycles. The third-order valence-electron chi connectivity index (χ3n) is 5.65. The van der Waals surface area contributed by atoms with Crippen molar-refractivity contribution >= 4 is 19.4 Å². The van der Waals surface area contributed by atoms with Crippen molar-refractivity contribution in [1.82, 2.24) is 0 Å². The molecule has 0 aliphatic heterocycles. The van der Waals surface area contributed by atoms with Crippen molar-refractivity contribution < 1.29 is 9.53 Å². The van der Waals surface area contributed by atoms with Crippen LogP contribution in [0.5, 0.6) is 0 Å². The van der Waals surface area contributed by atoms with Gasteiger partial charge in [-0.1, -0.05) is 93.6 Å². The first kappa shape index (κ1) is 19.1. The third kappa shape index (κ3) is 3.70. The lowest BCUT2D eigenvalue weighted by Gasteiger charge is -2.31. The highest BCUT2D eigenvalue weighted by Gasteiger charge is 2.41. The third-order valence-corrected chi connectivity index (χ3v) is 8.25. The van der Waals surface area contributed by atoms with Gasteiger partial charge in [-0.25, -0.2) is 0 Å². The highest BCUT2D eigenvalue weighted by atomic mass is 28.3. The van der Waals surface area contributed by atoms with Gasteiger partial charge < -0.3 is 9.53 Å². The fourth-order valence-corrected chi connectivity index (χ4v) is 6.40. The molecule has 0 bridgehead atoms. The van der Waals surface area contributed by atoms with Crippen LogP contribution in [0, 0.1) is 0 Å². The highest BCUT2D eigenvalue weighted by molar-refractivity contribution is 6.80. The van der Waals surface area contributed by atoms with Crippen LogP contribution in [-0.2, 0) is 22.0 Å². The van der Waals surface area contributed by atoms with Gasteiger partial charge in [0.15, 0.2) is 5.79 Å². The molecule has 2 nitrogen and oxygen atoms in total. The molecule has 1 atom stereocenters. The van der Waals surface area contributed by atoms with E-state index in [2.05, 4.69) is 63.2 Å². The first-order chi connectivity index (χ1) is 13.4. The molecule has 0 heterocycles. The van der Waals surface area contributed by atoms with Gasteiger partial charge in [0.05, 0.1) is 0 Å². The maximum absolute atomic E-state index is 11.6. The molecule has 1 aliphatic rings. The van der Waals surface area contributed by atoms with Gasteiger partial charge >= 0.3 is 0 Å². The van der Waals surface area contributed by atoms with Crippen LogP contribution in [-0.4, -0.2) is 14.1 Å². The molecule has 0 fully saturated rings. The molecule has 3 aromatic rings. The summed E-state index contributed by atoms with van der Waals surface area (Å²) in [5, 5.41) is 14.0. The van der Waals surface area contributed by atoms with Gasteiger partial charge in [-0.05, 0) is 39.4 Å². The Morgan fingerprint density at radius 1 is 0.857 bits per heavy atom. The average Bonchev–Trinajstić information content (AvgIpc) is 3.03. The molecule has 144 valence electrons. The van der Waals surface area contributed by atoms with Gasteiger partial charge in [-0.2, -0.15) is 0 Å². The quantitative estimate of drug-likeness (QED) is 0.546. The largest absolute Gasteiger partial charge is 0.381 e. The first-order valence-corrected chi connectivity index (χ1v) is 11.6. The SMILES string of the molecule is CC(C)(C)c1ccc2c(c1)[C@@](O)(O[SiH](c1ccccc1)c1ccccc1)CC2. The minimum atomic E-state index is -2.04. The molecule has 0 radical (unpaired) electrons. The van der Waals surface area contributed by atoms with Gasteiger partial charge in [-0.15, -0.1) is 0 Å². The molecule has 0 unspecified atom stereocenters. The number of benzene rings is 3. The summed E-state index contributed by atoms with van der Waals surface area (Å²) in [5.41, 5.74) is 3.41. The summed E-state index contributed by atoms with van der Waals surface area (Å²) in [6.45, 7) is 6.61. The van der Waals surface area contributed by atoms with Gasteiger partial charge in [0, 0.05) is 12.0 Å². The summed E-state index contributed by atoms with van der Waals surface area (Å²) in [4.78, 5) is 0. The van der Waals surface area contributed by atoms with Crippen molar-refractivity contribution in [1.29, 1.82) is 0 Å². The van der Waals surface area contributed by atoms with Crippen LogP contribution in [0.25, 0.3) is 0 Å². The van der Waals surface area contributed by atoms with Gasteiger partial charge in [-0.3, -0.25) is 0 Å². The van der Waals surface area contributed by atoms with Crippen LogP contribution in [0.3, 0.4) is 0 Å². The van der Waals surface area contributed by atoms with Crippen LogP contribution in [0.2, 0.25) is 0 Å². The fraction of sp³-hybridized carbons (Fsp3) is 0.280. The normalized spacial score (nSPS) is 19.0. The monoisotopic (exact) mass is 388 g/mol. The van der Waals surface area contributed by atoms with E-state index in [0.29, 0.717) is 6.42 Å². The zero-order valence-corrected chi connectivity index (χ0v) is 18.0. The lowest BCUT2D eigenvalue weighted by Crippen LogP contribution is -2.50. The van der Waals surface area contributed by atoms with Gasteiger partial charge in [0.1, 0.15) is 0 Å². The summed E-state index contributed by atoms with van der Waals surface area (Å²) in [5.74, 6) is -1.22. The van der Waals surface area contributed by atoms with E-state index in [4.69, 9.17) is 4.43 Å². The van der Waals surface area contributed by atoms with E-state index in [1.54, 1.807) is 0 Å². The second-order valence-corrected chi connectivity index (χ2v) is 11.1. The van der Waals surface area contributed by atoms with Crippen LogP contribution in [0.1, 0.15) is 43.9 Å². The predicted octanol–water partition coefficient (Wildman–Crippen LogP) is 3.63. The zero-order valence-electron chi connectivity index (χ0n) is 16.9. The maximum atomic E-state index is 11.6. The molecule has 1 N–H and O–H groups in total. The Labute approximate surface area is 169 Å². The molecule has 1 aliphatic carbocycles. The van der Waals surface area contributed by atoms with Crippen molar-refractivity contribution in [3.05, 3.63) is 95.6 Å². The smallest absolute Gasteiger partial charge is 0.244 e. The first-order valence-electron chi connectivity index (χ1n) is 10.0. The second kappa shape index (κ2) is 7.32. The molecule has 0 aromatic heterocycles. The molecule has 0 saturated carbocycles. The number of fused-ring (bicyclic) bond motifs is 1. The van der Waals surface area contributed by atoms with Crippen LogP contribution in [0.15, 0.2) is 78.9 Å². The molecule has 3 aromatic carbocycles. The standard InChI is InChI=1S/C25H28O2Si/c1-24(2,3)20-15-14-19-16-17-25(26,23(19)18-20)27-28(21-10-6-4-7-11-21)22-12-8-5-9-13-22/h4-15,18,26,28H,16-17H2,1-3H3/t25-/m0/s1. The Morgan fingerprint density at radius 3 is 1.96 bits per heavy atom. The van der Waals surface area contributed by atoms with E-state index < -0.39 is 14.8 Å². The van der Waals surface area contributed by atoms with Crippen LogP contribution < -0.4 is 10.4 Å². The lowest BCUT2D eigenvalue weighted by molar-refractivity contribution is -0.144. The van der Waals surface area contributed by atoms with E-state index in [9.17, 15) is 5.11 Å². The lowest BCUT2D eigenvalue weighted by atomic mass is 9.85. The molecule has 0 amide bonds. The van der Waals surface area contributed by atoms with Crippen LogP contribution >= 0.6 is 0 Å². The zero-order chi connectivity index (χ0) is 19.8. The van der Waals surface area contributed by atoms with Crippen molar-refractivity contribution in [2.45, 2.75) is 44.8 Å². The molecule has 28 heavy (non-hydrogen) atoms. The van der Waals surface area contributed by atoms with Crippen LogP contribution in [0.4, 0.5) is 0 Å². The van der Waals surface area contributed by atoms with E-state index in [1.165, 1.54) is 21.5 Å². The van der Waals surface area contributed by atoms with E-state index in [0.717, 1.165) is 12.0 Å². The average molecular weight is 389 g/mol. The number of hydrogen-bond donors (Lipinski definition) is 1. The topological polar surface area (TPSA) is 29.5 Å². The van der Waals surface area contributed by atoms with Gasteiger partial charge in [0.2, 0.25) is 9.04 Å². The highest BCUT2D eigenvalue weighted by Crippen LogP contribution is 2.40. The summed E-state index contributed by atoms with van der Waals surface area (Å²) >= 11 is 0. The summed E-state index contributed by atoms with van der Waals surface area (Å²) < 4.78 is 6.66. The fourth-order valence-electron chi connectivity index (χ4n) is 3.96.